The highest BCUT2D eigenvalue weighted by molar-refractivity contribution is 7.92. The Kier molecular flexibility index (Phi) is 5.56. The summed E-state index contributed by atoms with van der Waals surface area (Å²) in [7, 11) is -1.40. The minimum absolute atomic E-state index is 0.0263. The predicted octanol–water partition coefficient (Wildman–Crippen LogP) is -0.115. The second-order valence-corrected chi connectivity index (χ2v) is 9.77. The van der Waals surface area contributed by atoms with Crippen molar-refractivity contribution in [3.63, 3.8) is 0 Å². The van der Waals surface area contributed by atoms with Crippen LogP contribution in [0, 0.1) is 5.41 Å². The average molecular weight is 477 g/mol. The van der Waals surface area contributed by atoms with Crippen molar-refractivity contribution in [2.45, 2.75) is 23.9 Å². The van der Waals surface area contributed by atoms with E-state index in [0.717, 1.165) is 11.9 Å². The average Bonchev–Trinajstić information content (AvgIpc) is 3.02. The van der Waals surface area contributed by atoms with Gasteiger partial charge in [0.15, 0.2) is 27.1 Å². The van der Waals surface area contributed by atoms with Gasteiger partial charge in [-0.1, -0.05) is 5.16 Å². The first-order chi connectivity index (χ1) is 15.2. The van der Waals surface area contributed by atoms with E-state index in [2.05, 4.69) is 20.8 Å². The summed E-state index contributed by atoms with van der Waals surface area (Å²) < 4.78 is 12.9. The first-order valence-electron chi connectivity index (χ1n) is 9.36. The number of thiazole rings is 1. The van der Waals surface area contributed by atoms with Gasteiger partial charge < -0.3 is 26.9 Å². The molecular formula is C18H20N8O4S2. The van der Waals surface area contributed by atoms with Crippen LogP contribution in [0.2, 0.25) is 0 Å². The molecule has 0 spiro atoms. The fourth-order valence-electron chi connectivity index (χ4n) is 3.21. The molecule has 168 valence electrons. The number of amidine groups is 1. The van der Waals surface area contributed by atoms with Gasteiger partial charge in [0.1, 0.15) is 18.1 Å². The summed E-state index contributed by atoms with van der Waals surface area (Å²) in [6.07, 6.45) is 0.254. The molecule has 2 aliphatic heterocycles. The molecule has 2 fully saturated rings. The summed E-state index contributed by atoms with van der Waals surface area (Å²) in [5.41, 5.74) is 13.1. The number of rotatable bonds is 9. The number of aromatic nitrogens is 1. The lowest BCUT2D eigenvalue weighted by atomic mass is 10.0. The Morgan fingerprint density at radius 2 is 2.22 bits per heavy atom. The van der Waals surface area contributed by atoms with Gasteiger partial charge in [0.2, 0.25) is 0 Å². The van der Waals surface area contributed by atoms with E-state index in [9.17, 15) is 13.8 Å². The van der Waals surface area contributed by atoms with Crippen LogP contribution in [0.3, 0.4) is 0 Å². The molecule has 1 aromatic heterocycles. The van der Waals surface area contributed by atoms with E-state index in [1.54, 1.807) is 36.6 Å². The maximum Gasteiger partial charge on any atom is 0.266 e. The molecule has 3 heterocycles. The van der Waals surface area contributed by atoms with Crippen molar-refractivity contribution in [3.8, 4) is 0 Å². The van der Waals surface area contributed by atoms with Crippen molar-refractivity contribution in [1.82, 2.24) is 14.6 Å². The highest BCUT2D eigenvalue weighted by atomic mass is 32.2. The van der Waals surface area contributed by atoms with E-state index >= 15 is 0 Å². The molecule has 4 atom stereocenters. The van der Waals surface area contributed by atoms with Gasteiger partial charge in [-0.2, -0.15) is 0 Å². The number of carbonyl (C=O) groups excluding carboxylic acids is 2. The van der Waals surface area contributed by atoms with Crippen molar-refractivity contribution in [2.24, 2.45) is 10.9 Å². The molecule has 0 bridgehead atoms. The van der Waals surface area contributed by atoms with Crippen LogP contribution < -0.4 is 22.1 Å². The molecule has 0 radical (unpaired) electrons. The number of nitrogens with zero attached hydrogens (tertiary/aromatic N) is 3. The molecule has 2 amide bonds. The van der Waals surface area contributed by atoms with Gasteiger partial charge in [-0.3, -0.25) is 15.0 Å². The van der Waals surface area contributed by atoms with Gasteiger partial charge >= 0.3 is 0 Å². The lowest BCUT2D eigenvalue weighted by Crippen LogP contribution is -2.62. The molecule has 0 aliphatic carbocycles. The van der Waals surface area contributed by atoms with E-state index in [1.165, 1.54) is 15.6 Å². The summed E-state index contributed by atoms with van der Waals surface area (Å²) >= 11 is 1.24. The van der Waals surface area contributed by atoms with Gasteiger partial charge in [-0.05, 0) is 31.2 Å². The van der Waals surface area contributed by atoms with Crippen molar-refractivity contribution in [1.29, 1.82) is 5.41 Å². The molecule has 14 heteroatoms. The first kappa shape index (κ1) is 21.7. The number of anilines is 2. The number of β-lactam (4-membered cyclic amide) rings is 1. The molecular weight excluding hydrogens is 456 g/mol. The molecule has 1 aromatic carbocycles. The van der Waals surface area contributed by atoms with E-state index in [-0.39, 0.29) is 18.3 Å². The van der Waals surface area contributed by atoms with Gasteiger partial charge in [0, 0.05) is 16.6 Å². The second-order valence-electron chi connectivity index (χ2n) is 7.19. The number of nitrogen functional groups attached to an aromatic ring is 2. The largest absolute Gasteiger partial charge is 0.384 e. The van der Waals surface area contributed by atoms with Crippen molar-refractivity contribution >= 4 is 57.0 Å². The van der Waals surface area contributed by atoms with Crippen LogP contribution in [0.5, 0.6) is 0 Å². The van der Waals surface area contributed by atoms with E-state index < -0.39 is 33.9 Å². The molecule has 7 N–H and O–H groups in total. The first-order valence-corrected chi connectivity index (χ1v) is 11.4. The number of fused-ring (bicyclic) bond motifs is 1. The number of hydrogen-bond acceptors (Lipinski definition) is 10. The molecule has 1 unspecified atom stereocenters. The molecule has 12 nitrogen and oxygen atoms in total. The highest BCUT2D eigenvalue weighted by Crippen LogP contribution is 2.51. The smallest absolute Gasteiger partial charge is 0.266 e. The van der Waals surface area contributed by atoms with Gasteiger partial charge in [-0.25, -0.2) is 13.5 Å². The van der Waals surface area contributed by atoms with Crippen molar-refractivity contribution in [3.05, 3.63) is 40.9 Å². The number of hydrogen-bond donors (Lipinski definition) is 5. The Morgan fingerprint density at radius 1 is 1.50 bits per heavy atom. The van der Waals surface area contributed by atoms with Crippen molar-refractivity contribution < 1.29 is 18.6 Å². The lowest BCUT2D eigenvalue weighted by molar-refractivity contribution is -0.139. The zero-order valence-corrected chi connectivity index (χ0v) is 18.4. The van der Waals surface area contributed by atoms with Crippen LogP contribution in [0.1, 0.15) is 24.3 Å². The van der Waals surface area contributed by atoms with Gasteiger partial charge in [0.05, 0.1) is 12.2 Å². The third-order valence-electron chi connectivity index (χ3n) is 5.07. The number of amides is 2. The number of carbonyl (C=O) groups is 2. The lowest BCUT2D eigenvalue weighted by Gasteiger charge is -2.28. The Hall–Kier alpha value is -3.52. The second kappa shape index (κ2) is 8.20. The quantitative estimate of drug-likeness (QED) is 0.109. The van der Waals surface area contributed by atoms with Crippen LogP contribution in [-0.4, -0.2) is 54.8 Å². The van der Waals surface area contributed by atoms with Crippen LogP contribution >= 0.6 is 11.3 Å². The SMILES string of the molecule is C[C@]12[C@@H](NC(=O)/C=N\O[C@@H](CNc3ccc(C(=N)N)cc3)c3csc(N)n3)C(=O)N1S2=O. The normalized spacial score (nSPS) is 24.4. The van der Waals surface area contributed by atoms with Gasteiger partial charge in [0.25, 0.3) is 11.8 Å². The molecule has 2 saturated heterocycles. The zero-order chi connectivity index (χ0) is 23.0. The Labute approximate surface area is 189 Å². The maximum absolute atomic E-state index is 12.1. The predicted molar refractivity (Wildman–Crippen MR) is 120 cm³/mol. The molecule has 0 saturated carbocycles. The molecule has 32 heavy (non-hydrogen) atoms. The Morgan fingerprint density at radius 3 is 2.78 bits per heavy atom. The van der Waals surface area contributed by atoms with Crippen LogP contribution in [0.4, 0.5) is 10.8 Å². The molecule has 4 rings (SSSR count). The Bertz CT molecular complexity index is 1130. The highest BCUT2D eigenvalue weighted by Gasteiger charge is 2.78. The summed E-state index contributed by atoms with van der Waals surface area (Å²) in [5.74, 6) is -1.05. The fraction of sp³-hybridized carbons (Fsp3) is 0.278. The summed E-state index contributed by atoms with van der Waals surface area (Å²) in [6, 6.07) is 6.11. The van der Waals surface area contributed by atoms with Crippen LogP contribution in [0.15, 0.2) is 34.8 Å². The monoisotopic (exact) mass is 476 g/mol. The topological polar surface area (TPSA) is 189 Å². The third-order valence-corrected chi connectivity index (χ3v) is 7.61. The minimum atomic E-state index is -1.40. The maximum atomic E-state index is 12.1. The summed E-state index contributed by atoms with van der Waals surface area (Å²) in [5, 5.41) is 18.9. The van der Waals surface area contributed by atoms with Crippen LogP contribution in [0.25, 0.3) is 0 Å². The Balaban J connectivity index is 1.35. The molecule has 2 aliphatic rings. The van der Waals surface area contributed by atoms with E-state index in [0.29, 0.717) is 16.4 Å². The van der Waals surface area contributed by atoms with Crippen molar-refractivity contribution in [2.75, 3.05) is 17.6 Å². The fourth-order valence-corrected chi connectivity index (χ4v) is 5.24. The zero-order valence-electron chi connectivity index (χ0n) is 16.8. The number of nitrogens with one attached hydrogen (secondary N) is 3. The minimum Gasteiger partial charge on any atom is -0.384 e. The summed E-state index contributed by atoms with van der Waals surface area (Å²) in [4.78, 5) is 32.7. The van der Waals surface area contributed by atoms with Gasteiger partial charge in [-0.15, -0.1) is 11.3 Å². The number of oxime groups is 1. The molecule has 2 aromatic rings. The standard InChI is InChI=1S/C18H20N8O4S2/c1-18-14(16(28)26(18)32(18)29)25-13(27)7-23-30-12(11-8-31-17(21)24-11)6-22-10-4-2-9(3-5-10)15(19)20/h2-5,7-8,12,14,22H,6H2,1H3,(H3,19,20)(H2,21,24)(H,25,27)/b23-7-/t12-,14-,18-,26?,32?/m0/s1. The van der Waals surface area contributed by atoms with Crippen LogP contribution in [-0.2, 0) is 25.4 Å². The van der Waals surface area contributed by atoms with E-state index in [1.807, 2.05) is 0 Å². The summed E-state index contributed by atoms with van der Waals surface area (Å²) in [6.45, 7) is 1.90. The number of nitrogens with two attached hydrogens (primary N) is 2. The third kappa shape index (κ3) is 3.89. The number of benzene rings is 1. The van der Waals surface area contributed by atoms with E-state index in [4.69, 9.17) is 21.7 Å².